The molecule has 94 valence electrons. The number of ether oxygens (including phenoxy) is 1. The van der Waals surface area contributed by atoms with E-state index in [0.717, 1.165) is 5.56 Å². The summed E-state index contributed by atoms with van der Waals surface area (Å²) in [5.41, 5.74) is 1.05. The molecule has 1 amide bonds. The summed E-state index contributed by atoms with van der Waals surface area (Å²) in [6.07, 6.45) is 0. The van der Waals surface area contributed by atoms with Crippen molar-refractivity contribution >= 4 is 11.6 Å². The number of aromatic hydroxyl groups is 1. The number of phenols is 1. The number of hydrogen-bond acceptors (Lipinski definition) is 6. The maximum absolute atomic E-state index is 11.7. The highest BCUT2D eigenvalue weighted by molar-refractivity contribution is 6.02. The number of aromatic amines is 1. The minimum absolute atomic E-state index is 0.116. The predicted octanol–water partition coefficient (Wildman–Crippen LogP) is 0.475. The van der Waals surface area contributed by atoms with Crippen LogP contribution in [0.4, 0.5) is 5.69 Å². The van der Waals surface area contributed by atoms with Gasteiger partial charge in [0.15, 0.2) is 11.5 Å². The zero-order chi connectivity index (χ0) is 13.1. The molecular formula is C10H11N5O3. The van der Waals surface area contributed by atoms with Gasteiger partial charge in [0, 0.05) is 0 Å². The molecular weight excluding hydrogens is 238 g/mol. The van der Waals surface area contributed by atoms with E-state index in [-0.39, 0.29) is 23.0 Å². The summed E-state index contributed by atoms with van der Waals surface area (Å²) in [7, 11) is 1.43. The number of hydrogen-bond donors (Lipinski definition) is 3. The van der Waals surface area contributed by atoms with Crippen molar-refractivity contribution in [2.24, 2.45) is 0 Å². The minimum Gasteiger partial charge on any atom is -0.503 e. The highest BCUT2D eigenvalue weighted by atomic mass is 16.5. The Bertz CT molecular complexity index is 567. The summed E-state index contributed by atoms with van der Waals surface area (Å²) in [6, 6.07) is 3.26. The number of nitrogens with one attached hydrogen (secondary N) is 2. The van der Waals surface area contributed by atoms with E-state index in [4.69, 9.17) is 4.74 Å². The van der Waals surface area contributed by atoms with Crippen molar-refractivity contribution in [3.8, 4) is 11.5 Å². The lowest BCUT2D eigenvalue weighted by Gasteiger charge is -2.10. The molecule has 1 aromatic carbocycles. The molecule has 0 unspecified atom stereocenters. The summed E-state index contributed by atoms with van der Waals surface area (Å²) in [5.74, 6) is -0.570. The quantitative estimate of drug-likeness (QED) is 0.681. The number of aromatic nitrogens is 4. The Morgan fingerprint density at radius 3 is 2.89 bits per heavy atom. The fourth-order valence-corrected chi connectivity index (χ4v) is 1.43. The molecule has 3 N–H and O–H groups in total. The number of rotatable bonds is 3. The molecule has 2 rings (SSSR count). The Balaban J connectivity index is 2.29. The second kappa shape index (κ2) is 4.70. The SMILES string of the molecule is COc1cc(C)cc(NC(=O)c2nn[nH]n2)c1O. The molecule has 0 radical (unpaired) electrons. The Morgan fingerprint density at radius 2 is 2.28 bits per heavy atom. The number of phenolic OH excluding ortho intramolecular Hbond substituents is 1. The fourth-order valence-electron chi connectivity index (χ4n) is 1.43. The van der Waals surface area contributed by atoms with Crippen molar-refractivity contribution in [2.75, 3.05) is 12.4 Å². The summed E-state index contributed by atoms with van der Waals surface area (Å²) >= 11 is 0. The van der Waals surface area contributed by atoms with Crippen LogP contribution < -0.4 is 10.1 Å². The van der Waals surface area contributed by atoms with Gasteiger partial charge in [0.25, 0.3) is 11.7 Å². The third-order valence-corrected chi connectivity index (χ3v) is 2.24. The van der Waals surface area contributed by atoms with E-state index < -0.39 is 5.91 Å². The number of aryl methyl sites for hydroxylation is 1. The van der Waals surface area contributed by atoms with Crippen LogP contribution >= 0.6 is 0 Å². The van der Waals surface area contributed by atoms with Crippen LogP contribution in [0.1, 0.15) is 16.2 Å². The Labute approximate surface area is 102 Å². The topological polar surface area (TPSA) is 113 Å². The van der Waals surface area contributed by atoms with Crippen LogP contribution in [0.15, 0.2) is 12.1 Å². The van der Waals surface area contributed by atoms with Crippen LogP contribution in [0.5, 0.6) is 11.5 Å². The molecule has 18 heavy (non-hydrogen) atoms. The highest BCUT2D eigenvalue weighted by Crippen LogP contribution is 2.35. The summed E-state index contributed by atoms with van der Waals surface area (Å²) < 4.78 is 4.99. The first kappa shape index (κ1) is 11.8. The first-order chi connectivity index (χ1) is 8.61. The van der Waals surface area contributed by atoms with E-state index in [0.29, 0.717) is 0 Å². The number of nitrogens with zero attached hydrogens (tertiary/aromatic N) is 3. The molecule has 1 heterocycles. The molecule has 2 aromatic rings. The molecule has 0 saturated carbocycles. The maximum atomic E-state index is 11.7. The van der Waals surface area contributed by atoms with E-state index in [1.165, 1.54) is 7.11 Å². The van der Waals surface area contributed by atoms with Gasteiger partial charge in [-0.15, -0.1) is 10.2 Å². The van der Waals surface area contributed by atoms with E-state index in [1.807, 2.05) is 6.92 Å². The van der Waals surface area contributed by atoms with Crippen LogP contribution in [-0.2, 0) is 0 Å². The molecule has 0 bridgehead atoms. The third kappa shape index (κ3) is 2.21. The van der Waals surface area contributed by atoms with Gasteiger partial charge < -0.3 is 15.2 Å². The van der Waals surface area contributed by atoms with Crippen molar-refractivity contribution < 1.29 is 14.6 Å². The Kier molecular flexibility index (Phi) is 3.09. The van der Waals surface area contributed by atoms with E-state index in [9.17, 15) is 9.90 Å². The van der Waals surface area contributed by atoms with E-state index in [1.54, 1.807) is 12.1 Å². The maximum Gasteiger partial charge on any atom is 0.297 e. The molecule has 0 fully saturated rings. The minimum atomic E-state index is -0.577. The average molecular weight is 249 g/mol. The number of methoxy groups -OCH3 is 1. The standard InChI is InChI=1S/C10H11N5O3/c1-5-3-6(8(16)7(4-5)18-2)11-10(17)9-12-14-15-13-9/h3-4,16H,1-2H3,(H,11,17)(H,12,13,14,15). The molecule has 8 nitrogen and oxygen atoms in total. The zero-order valence-electron chi connectivity index (χ0n) is 9.76. The number of H-pyrrole nitrogens is 1. The van der Waals surface area contributed by atoms with Crippen molar-refractivity contribution in [1.82, 2.24) is 20.6 Å². The van der Waals surface area contributed by atoms with Crippen molar-refractivity contribution in [1.29, 1.82) is 0 Å². The summed E-state index contributed by atoms with van der Waals surface area (Å²) in [5, 5.41) is 24.8. The summed E-state index contributed by atoms with van der Waals surface area (Å²) in [6.45, 7) is 1.81. The molecule has 0 spiro atoms. The molecule has 8 heteroatoms. The van der Waals surface area contributed by atoms with Gasteiger partial charge in [-0.25, -0.2) is 0 Å². The van der Waals surface area contributed by atoms with Crippen molar-refractivity contribution in [3.63, 3.8) is 0 Å². The van der Waals surface area contributed by atoms with E-state index in [2.05, 4.69) is 25.9 Å². The lowest BCUT2D eigenvalue weighted by molar-refractivity contribution is 0.101. The molecule has 0 aliphatic heterocycles. The molecule has 0 atom stereocenters. The van der Waals surface area contributed by atoms with Gasteiger partial charge in [-0.2, -0.15) is 5.21 Å². The Morgan fingerprint density at radius 1 is 1.50 bits per heavy atom. The van der Waals surface area contributed by atoms with Crippen molar-refractivity contribution in [2.45, 2.75) is 6.92 Å². The van der Waals surface area contributed by atoms with Gasteiger partial charge in [0.2, 0.25) is 0 Å². The van der Waals surface area contributed by atoms with E-state index >= 15 is 0 Å². The average Bonchev–Trinajstić information content (AvgIpc) is 2.87. The Hall–Kier alpha value is -2.64. The van der Waals surface area contributed by atoms with Gasteiger partial charge in [-0.3, -0.25) is 4.79 Å². The van der Waals surface area contributed by atoms with Crippen molar-refractivity contribution in [3.05, 3.63) is 23.5 Å². The zero-order valence-corrected chi connectivity index (χ0v) is 9.76. The molecule has 0 aliphatic carbocycles. The highest BCUT2D eigenvalue weighted by Gasteiger charge is 2.15. The molecule has 1 aromatic heterocycles. The number of amides is 1. The number of benzene rings is 1. The number of carbonyl (C=O) groups is 1. The molecule has 0 saturated heterocycles. The predicted molar refractivity (Wildman–Crippen MR) is 61.5 cm³/mol. The number of tetrazole rings is 1. The van der Waals surface area contributed by atoms with Crippen LogP contribution in [0.25, 0.3) is 0 Å². The lowest BCUT2D eigenvalue weighted by atomic mass is 10.2. The van der Waals surface area contributed by atoms with Gasteiger partial charge in [0.1, 0.15) is 0 Å². The normalized spacial score (nSPS) is 10.1. The largest absolute Gasteiger partial charge is 0.503 e. The second-order valence-electron chi connectivity index (χ2n) is 3.55. The smallest absolute Gasteiger partial charge is 0.297 e. The van der Waals surface area contributed by atoms with Crippen LogP contribution in [0, 0.1) is 6.92 Å². The lowest BCUT2D eigenvalue weighted by Crippen LogP contribution is -2.14. The number of carbonyl (C=O) groups excluding carboxylic acids is 1. The summed E-state index contributed by atoms with van der Waals surface area (Å²) in [4.78, 5) is 11.7. The first-order valence-electron chi connectivity index (χ1n) is 5.04. The van der Waals surface area contributed by atoms with Gasteiger partial charge >= 0.3 is 0 Å². The third-order valence-electron chi connectivity index (χ3n) is 2.24. The van der Waals surface area contributed by atoms with Gasteiger partial charge in [-0.05, 0) is 29.8 Å². The fraction of sp³-hybridized carbons (Fsp3) is 0.200. The van der Waals surface area contributed by atoms with Crippen LogP contribution in [0.2, 0.25) is 0 Å². The van der Waals surface area contributed by atoms with Gasteiger partial charge in [0.05, 0.1) is 12.8 Å². The first-order valence-corrected chi connectivity index (χ1v) is 5.04. The van der Waals surface area contributed by atoms with Crippen LogP contribution in [0.3, 0.4) is 0 Å². The second-order valence-corrected chi connectivity index (χ2v) is 3.55. The monoisotopic (exact) mass is 249 g/mol. The van der Waals surface area contributed by atoms with Crippen LogP contribution in [-0.4, -0.2) is 38.7 Å². The molecule has 0 aliphatic rings. The van der Waals surface area contributed by atoms with Gasteiger partial charge in [-0.1, -0.05) is 0 Å². The number of anilines is 1.